The number of rotatable bonds is 5. The van der Waals surface area contributed by atoms with Crippen molar-refractivity contribution in [2.45, 2.75) is 11.8 Å². The molecule has 3 aromatic carbocycles. The Morgan fingerprint density at radius 3 is 2.48 bits per heavy atom. The highest BCUT2D eigenvalue weighted by molar-refractivity contribution is 7.89. The van der Waals surface area contributed by atoms with Gasteiger partial charge in [-0.25, -0.2) is 18.1 Å². The summed E-state index contributed by atoms with van der Waals surface area (Å²) in [5.41, 5.74) is 3.90. The molecule has 0 radical (unpaired) electrons. The lowest BCUT2D eigenvalue weighted by Gasteiger charge is -2.10. The number of carbonyl (C=O) groups is 1. The summed E-state index contributed by atoms with van der Waals surface area (Å²) in [7, 11) is -2.32. The number of hydrogen-bond donors (Lipinski definition) is 3. The zero-order chi connectivity index (χ0) is 22.2. The van der Waals surface area contributed by atoms with Gasteiger partial charge in [0.1, 0.15) is 11.3 Å². The smallest absolute Gasteiger partial charge is 0.255 e. The molecule has 0 fully saturated rings. The van der Waals surface area contributed by atoms with E-state index >= 15 is 0 Å². The lowest BCUT2D eigenvalue weighted by Crippen LogP contribution is -2.20. The molecule has 4 aromatic rings. The third kappa shape index (κ3) is 4.18. The fourth-order valence-corrected chi connectivity index (χ4v) is 4.15. The number of nitrogens with one attached hydrogen (secondary N) is 3. The Bertz CT molecular complexity index is 1400. The number of aromatic nitrogens is 2. The van der Waals surface area contributed by atoms with E-state index in [9.17, 15) is 13.2 Å². The average Bonchev–Trinajstić information content (AvgIpc) is 3.20. The van der Waals surface area contributed by atoms with Crippen molar-refractivity contribution in [2.75, 3.05) is 12.4 Å². The van der Waals surface area contributed by atoms with Crippen LogP contribution in [0.25, 0.3) is 22.4 Å². The number of aryl methyl sites for hydroxylation is 1. The normalized spacial score (nSPS) is 11.6. The van der Waals surface area contributed by atoms with Crippen LogP contribution in [0.1, 0.15) is 15.9 Å². The van der Waals surface area contributed by atoms with E-state index in [1.807, 2.05) is 24.3 Å². The quantitative estimate of drug-likeness (QED) is 0.417. The summed E-state index contributed by atoms with van der Waals surface area (Å²) in [6.07, 6.45) is 0. The molecule has 0 saturated carbocycles. The zero-order valence-corrected chi connectivity index (χ0v) is 18.3. The summed E-state index contributed by atoms with van der Waals surface area (Å²) in [6.45, 7) is 1.75. The van der Waals surface area contributed by atoms with E-state index in [0.29, 0.717) is 27.6 Å². The molecule has 9 heteroatoms. The van der Waals surface area contributed by atoms with Crippen LogP contribution in [0.15, 0.2) is 65.6 Å². The first-order valence-electron chi connectivity index (χ1n) is 9.39. The third-order valence-electron chi connectivity index (χ3n) is 4.91. The highest BCUT2D eigenvalue weighted by atomic mass is 35.5. The van der Waals surface area contributed by atoms with Crippen molar-refractivity contribution in [2.24, 2.45) is 0 Å². The van der Waals surface area contributed by atoms with Crippen molar-refractivity contribution < 1.29 is 13.2 Å². The Morgan fingerprint density at radius 2 is 1.81 bits per heavy atom. The van der Waals surface area contributed by atoms with E-state index in [1.165, 1.54) is 19.2 Å². The summed E-state index contributed by atoms with van der Waals surface area (Å²) in [5.74, 6) is 0.274. The van der Waals surface area contributed by atoms with Crippen LogP contribution < -0.4 is 10.0 Å². The van der Waals surface area contributed by atoms with Gasteiger partial charge in [0, 0.05) is 16.8 Å². The summed E-state index contributed by atoms with van der Waals surface area (Å²) in [6, 6.07) is 17.1. The first kappa shape index (κ1) is 21.0. The molecular weight excluding hydrogens is 436 g/mol. The predicted octanol–water partition coefficient (Wildman–Crippen LogP) is 4.35. The first-order chi connectivity index (χ1) is 14.8. The average molecular weight is 455 g/mol. The van der Waals surface area contributed by atoms with Crippen LogP contribution in [-0.4, -0.2) is 31.3 Å². The van der Waals surface area contributed by atoms with E-state index < -0.39 is 15.9 Å². The number of anilines is 1. The van der Waals surface area contributed by atoms with Crippen molar-refractivity contribution >= 4 is 44.3 Å². The lowest BCUT2D eigenvalue weighted by molar-refractivity contribution is 0.102. The van der Waals surface area contributed by atoms with Crippen LogP contribution in [0.2, 0.25) is 5.02 Å². The maximum Gasteiger partial charge on any atom is 0.255 e. The van der Waals surface area contributed by atoms with E-state index in [0.717, 1.165) is 11.1 Å². The standard InChI is InChI=1S/C22H19ClN4O3S/c1-13-6-11-16(31(29,30)24-2)12-17(13)22(28)25-15-9-7-14(8-10-15)21-26-19-5-3-4-18(23)20(19)27-21/h3-12,24H,1-2H3,(H,25,28)(H,26,27). The molecular formula is C22H19ClN4O3S. The Morgan fingerprint density at radius 1 is 1.06 bits per heavy atom. The number of aromatic amines is 1. The first-order valence-corrected chi connectivity index (χ1v) is 11.2. The van der Waals surface area contributed by atoms with Crippen LogP contribution in [-0.2, 0) is 10.0 Å². The Labute approximate surface area is 184 Å². The van der Waals surface area contributed by atoms with Gasteiger partial charge < -0.3 is 10.3 Å². The number of amides is 1. The van der Waals surface area contributed by atoms with Crippen molar-refractivity contribution in [3.63, 3.8) is 0 Å². The number of nitrogens with zero attached hydrogens (tertiary/aromatic N) is 1. The number of para-hydroxylation sites is 1. The number of imidazole rings is 1. The molecule has 158 valence electrons. The molecule has 0 aliphatic rings. The molecule has 0 atom stereocenters. The molecule has 1 aromatic heterocycles. The maximum absolute atomic E-state index is 12.8. The molecule has 0 aliphatic carbocycles. The number of fused-ring (bicyclic) bond motifs is 1. The largest absolute Gasteiger partial charge is 0.338 e. The fraction of sp³-hybridized carbons (Fsp3) is 0.0909. The van der Waals surface area contributed by atoms with E-state index in [4.69, 9.17) is 11.6 Å². The van der Waals surface area contributed by atoms with Crippen LogP contribution in [0.5, 0.6) is 0 Å². The Hall–Kier alpha value is -3.20. The van der Waals surface area contributed by atoms with Gasteiger partial charge in [-0.15, -0.1) is 0 Å². The molecule has 0 spiro atoms. The van der Waals surface area contributed by atoms with Crippen molar-refractivity contribution in [3.05, 3.63) is 76.8 Å². The summed E-state index contributed by atoms with van der Waals surface area (Å²) < 4.78 is 26.3. The molecule has 1 amide bonds. The molecule has 0 unspecified atom stereocenters. The third-order valence-corrected chi connectivity index (χ3v) is 6.63. The molecule has 0 aliphatic heterocycles. The topological polar surface area (TPSA) is 104 Å². The highest BCUT2D eigenvalue weighted by Crippen LogP contribution is 2.26. The monoisotopic (exact) mass is 454 g/mol. The van der Waals surface area contributed by atoms with E-state index in [2.05, 4.69) is 20.0 Å². The van der Waals surface area contributed by atoms with Gasteiger partial charge in [-0.1, -0.05) is 23.7 Å². The number of hydrogen-bond acceptors (Lipinski definition) is 4. The predicted molar refractivity (Wildman–Crippen MR) is 122 cm³/mol. The van der Waals surface area contributed by atoms with Gasteiger partial charge >= 0.3 is 0 Å². The van der Waals surface area contributed by atoms with Crippen molar-refractivity contribution in [1.29, 1.82) is 0 Å². The van der Waals surface area contributed by atoms with Gasteiger partial charge in [-0.2, -0.15) is 0 Å². The van der Waals surface area contributed by atoms with Gasteiger partial charge in [0.25, 0.3) is 5.91 Å². The highest BCUT2D eigenvalue weighted by Gasteiger charge is 2.17. The number of halogens is 1. The molecule has 0 saturated heterocycles. The second kappa shape index (κ2) is 8.14. The lowest BCUT2D eigenvalue weighted by atomic mass is 10.1. The molecule has 0 bridgehead atoms. The van der Waals surface area contributed by atoms with Gasteiger partial charge in [0.15, 0.2) is 0 Å². The SMILES string of the molecule is CNS(=O)(=O)c1ccc(C)c(C(=O)Nc2ccc(-c3nc4c(Cl)cccc4[nH]3)cc2)c1. The molecule has 4 rings (SSSR count). The van der Waals surface area contributed by atoms with E-state index in [-0.39, 0.29) is 10.5 Å². The Balaban J connectivity index is 1.57. The van der Waals surface area contributed by atoms with Gasteiger partial charge in [0.2, 0.25) is 10.0 Å². The Kier molecular flexibility index (Phi) is 5.53. The van der Waals surface area contributed by atoms with Gasteiger partial charge in [0.05, 0.1) is 15.4 Å². The molecule has 31 heavy (non-hydrogen) atoms. The maximum atomic E-state index is 12.8. The summed E-state index contributed by atoms with van der Waals surface area (Å²) in [4.78, 5) is 20.5. The minimum absolute atomic E-state index is 0.0321. The second-order valence-electron chi connectivity index (χ2n) is 6.94. The summed E-state index contributed by atoms with van der Waals surface area (Å²) in [5, 5.41) is 3.38. The van der Waals surface area contributed by atoms with Crippen LogP contribution in [0.4, 0.5) is 5.69 Å². The molecule has 3 N–H and O–H groups in total. The van der Waals surface area contributed by atoms with E-state index in [1.54, 1.807) is 31.2 Å². The van der Waals surface area contributed by atoms with Crippen LogP contribution >= 0.6 is 11.6 Å². The van der Waals surface area contributed by atoms with Crippen molar-refractivity contribution in [1.82, 2.24) is 14.7 Å². The van der Waals surface area contributed by atoms with Crippen molar-refractivity contribution in [3.8, 4) is 11.4 Å². The number of H-pyrrole nitrogens is 1. The number of carbonyl (C=O) groups excluding carboxylic acids is 1. The van der Waals surface area contributed by atoms with Crippen LogP contribution in [0, 0.1) is 6.92 Å². The van der Waals surface area contributed by atoms with Gasteiger partial charge in [-0.05, 0) is 68.1 Å². The summed E-state index contributed by atoms with van der Waals surface area (Å²) >= 11 is 6.19. The molecule has 7 nitrogen and oxygen atoms in total. The fourth-order valence-electron chi connectivity index (χ4n) is 3.17. The minimum atomic E-state index is -3.64. The second-order valence-corrected chi connectivity index (χ2v) is 9.23. The number of benzene rings is 3. The minimum Gasteiger partial charge on any atom is -0.338 e. The van der Waals surface area contributed by atoms with Gasteiger partial charge in [-0.3, -0.25) is 4.79 Å². The van der Waals surface area contributed by atoms with Crippen LogP contribution in [0.3, 0.4) is 0 Å². The number of sulfonamides is 1. The zero-order valence-electron chi connectivity index (χ0n) is 16.7. The molecule has 1 heterocycles.